The number of aromatic nitrogens is 2. The Bertz CT molecular complexity index is 919. The highest BCUT2D eigenvalue weighted by atomic mass is 32.1. The van der Waals surface area contributed by atoms with E-state index in [-0.39, 0.29) is 11.4 Å². The number of anilines is 1. The van der Waals surface area contributed by atoms with Gasteiger partial charge in [-0.15, -0.1) is 0 Å². The molecule has 4 nitrogen and oxygen atoms in total. The van der Waals surface area contributed by atoms with E-state index in [0.29, 0.717) is 10.5 Å². The van der Waals surface area contributed by atoms with Crippen molar-refractivity contribution in [1.82, 2.24) is 9.55 Å². The van der Waals surface area contributed by atoms with Gasteiger partial charge in [-0.2, -0.15) is 0 Å². The Kier molecular flexibility index (Phi) is 4.03. The van der Waals surface area contributed by atoms with Gasteiger partial charge in [-0.3, -0.25) is 9.36 Å². The van der Waals surface area contributed by atoms with Gasteiger partial charge in [0.25, 0.3) is 5.91 Å². The highest BCUT2D eigenvalue weighted by Crippen LogP contribution is 2.17. The Morgan fingerprint density at radius 2 is 1.83 bits per heavy atom. The summed E-state index contributed by atoms with van der Waals surface area (Å²) in [6.07, 6.45) is 1.46. The van der Waals surface area contributed by atoms with Crippen LogP contribution in [0.15, 0.2) is 54.7 Å². The lowest BCUT2D eigenvalue weighted by molar-refractivity contribution is 0.102. The van der Waals surface area contributed by atoms with E-state index < -0.39 is 17.5 Å². The van der Waals surface area contributed by atoms with E-state index in [1.165, 1.54) is 12.3 Å². The number of benzene rings is 2. The maximum absolute atomic E-state index is 13.2. The summed E-state index contributed by atoms with van der Waals surface area (Å²) >= 11 is 5.19. The molecule has 2 N–H and O–H groups in total. The third-order valence-corrected chi connectivity index (χ3v) is 3.50. The van der Waals surface area contributed by atoms with Crippen molar-refractivity contribution in [3.8, 4) is 5.69 Å². The van der Waals surface area contributed by atoms with Gasteiger partial charge >= 0.3 is 0 Å². The molecule has 116 valence electrons. The third kappa shape index (κ3) is 3.04. The summed E-state index contributed by atoms with van der Waals surface area (Å²) < 4.78 is 28.1. The summed E-state index contributed by atoms with van der Waals surface area (Å²) in [6, 6.07) is 12.2. The van der Waals surface area contributed by atoms with Crippen molar-refractivity contribution in [2.24, 2.45) is 0 Å². The molecule has 0 aliphatic heterocycles. The van der Waals surface area contributed by atoms with E-state index in [1.807, 2.05) is 18.2 Å². The number of halogens is 2. The molecule has 3 aromatic rings. The lowest BCUT2D eigenvalue weighted by Crippen LogP contribution is -2.16. The van der Waals surface area contributed by atoms with Crippen LogP contribution in [0.25, 0.3) is 5.69 Å². The molecule has 23 heavy (non-hydrogen) atoms. The molecule has 0 saturated carbocycles. The van der Waals surface area contributed by atoms with Crippen LogP contribution in [0.2, 0.25) is 0 Å². The largest absolute Gasteiger partial charge is 0.336 e. The maximum atomic E-state index is 13.2. The molecule has 1 aromatic heterocycles. The molecule has 0 radical (unpaired) electrons. The standard InChI is InChI=1S/C16H11F2N3OS/c17-12-7-6-10(8-13(12)18)20-15(22)14-9-19-16(23)21(14)11-4-2-1-3-5-11/h1-9H,(H,19,23)(H,20,22). The van der Waals surface area contributed by atoms with Gasteiger partial charge in [0.1, 0.15) is 5.69 Å². The van der Waals surface area contributed by atoms with Crippen LogP contribution in [-0.2, 0) is 0 Å². The first kappa shape index (κ1) is 15.1. The fraction of sp³-hybridized carbons (Fsp3) is 0. The van der Waals surface area contributed by atoms with Crippen molar-refractivity contribution in [2.75, 3.05) is 5.32 Å². The SMILES string of the molecule is O=C(Nc1ccc(F)c(F)c1)c1c[nH]c(=S)n1-c1ccccc1. The van der Waals surface area contributed by atoms with Crippen LogP contribution >= 0.6 is 12.2 Å². The fourth-order valence-electron chi connectivity index (χ4n) is 2.14. The molecule has 0 unspecified atom stereocenters. The Morgan fingerprint density at radius 3 is 2.52 bits per heavy atom. The molecule has 1 heterocycles. The highest BCUT2D eigenvalue weighted by molar-refractivity contribution is 7.71. The van der Waals surface area contributed by atoms with Crippen molar-refractivity contribution >= 4 is 23.8 Å². The van der Waals surface area contributed by atoms with Crippen molar-refractivity contribution in [3.63, 3.8) is 0 Å². The van der Waals surface area contributed by atoms with Crippen LogP contribution in [0.5, 0.6) is 0 Å². The third-order valence-electron chi connectivity index (χ3n) is 3.20. The van der Waals surface area contributed by atoms with Crippen molar-refractivity contribution < 1.29 is 13.6 Å². The molecule has 0 saturated heterocycles. The van der Waals surface area contributed by atoms with E-state index in [9.17, 15) is 13.6 Å². The van der Waals surface area contributed by atoms with E-state index in [1.54, 1.807) is 16.7 Å². The predicted molar refractivity (Wildman–Crippen MR) is 85.3 cm³/mol. The number of carbonyl (C=O) groups is 1. The number of imidazole rings is 1. The van der Waals surface area contributed by atoms with E-state index in [4.69, 9.17) is 12.2 Å². The molecule has 3 rings (SSSR count). The maximum Gasteiger partial charge on any atom is 0.274 e. The minimum atomic E-state index is -1.03. The number of nitrogens with zero attached hydrogens (tertiary/aromatic N) is 1. The number of H-pyrrole nitrogens is 1. The van der Waals surface area contributed by atoms with E-state index in [0.717, 1.165) is 12.1 Å². The van der Waals surface area contributed by atoms with Gasteiger partial charge in [0, 0.05) is 23.6 Å². The first-order valence-electron chi connectivity index (χ1n) is 6.68. The number of hydrogen-bond acceptors (Lipinski definition) is 2. The number of amides is 1. The summed E-state index contributed by atoms with van der Waals surface area (Å²) in [5, 5.41) is 2.52. The van der Waals surface area contributed by atoms with Gasteiger partial charge in [0.05, 0.1) is 0 Å². The molecule has 0 fully saturated rings. The Hall–Kier alpha value is -2.80. The van der Waals surface area contributed by atoms with Crippen LogP contribution in [0.4, 0.5) is 14.5 Å². The first-order valence-corrected chi connectivity index (χ1v) is 7.09. The lowest BCUT2D eigenvalue weighted by atomic mass is 10.2. The minimum absolute atomic E-state index is 0.153. The Labute approximate surface area is 135 Å². The van der Waals surface area contributed by atoms with Crippen molar-refractivity contribution in [3.05, 3.63) is 76.8 Å². The number of nitrogens with one attached hydrogen (secondary N) is 2. The average molecular weight is 331 g/mol. The second-order valence-electron chi connectivity index (χ2n) is 4.73. The van der Waals surface area contributed by atoms with Crippen molar-refractivity contribution in [2.45, 2.75) is 0 Å². The zero-order valence-corrected chi connectivity index (χ0v) is 12.5. The molecule has 0 atom stereocenters. The summed E-state index contributed by atoms with van der Waals surface area (Å²) in [5.41, 5.74) is 1.13. The van der Waals surface area contributed by atoms with Crippen LogP contribution < -0.4 is 5.32 Å². The van der Waals surface area contributed by atoms with Gasteiger partial charge < -0.3 is 10.3 Å². The molecular weight excluding hydrogens is 320 g/mol. The lowest BCUT2D eigenvalue weighted by Gasteiger charge is -2.09. The monoisotopic (exact) mass is 331 g/mol. The predicted octanol–water partition coefficient (Wildman–Crippen LogP) is 4.07. The second kappa shape index (κ2) is 6.13. The molecule has 0 spiro atoms. The number of rotatable bonds is 3. The van der Waals surface area contributed by atoms with Gasteiger partial charge in [-0.25, -0.2) is 8.78 Å². The fourth-order valence-corrected chi connectivity index (χ4v) is 2.40. The van der Waals surface area contributed by atoms with Gasteiger partial charge in [0.2, 0.25) is 0 Å². The van der Waals surface area contributed by atoms with Gasteiger partial charge in [0.15, 0.2) is 16.4 Å². The van der Waals surface area contributed by atoms with Crippen LogP contribution in [-0.4, -0.2) is 15.5 Å². The molecule has 2 aromatic carbocycles. The average Bonchev–Trinajstić information content (AvgIpc) is 2.93. The summed E-state index contributed by atoms with van der Waals surface area (Å²) in [4.78, 5) is 15.2. The molecule has 0 aliphatic rings. The van der Waals surface area contributed by atoms with Crippen LogP contribution in [0, 0.1) is 16.4 Å². The molecule has 1 amide bonds. The summed E-state index contributed by atoms with van der Waals surface area (Å²) in [5.74, 6) is -2.50. The first-order chi connectivity index (χ1) is 11.1. The smallest absolute Gasteiger partial charge is 0.274 e. The number of carbonyl (C=O) groups excluding carboxylic acids is 1. The number of hydrogen-bond donors (Lipinski definition) is 2. The quantitative estimate of drug-likeness (QED) is 0.711. The molecule has 0 aliphatic carbocycles. The number of aromatic amines is 1. The number of para-hydroxylation sites is 1. The molecular formula is C16H11F2N3OS. The highest BCUT2D eigenvalue weighted by Gasteiger charge is 2.15. The second-order valence-corrected chi connectivity index (χ2v) is 5.12. The van der Waals surface area contributed by atoms with E-state index in [2.05, 4.69) is 10.3 Å². The van der Waals surface area contributed by atoms with Crippen LogP contribution in [0.1, 0.15) is 10.5 Å². The van der Waals surface area contributed by atoms with Gasteiger partial charge in [-0.05, 0) is 36.5 Å². The topological polar surface area (TPSA) is 49.8 Å². The van der Waals surface area contributed by atoms with Gasteiger partial charge in [-0.1, -0.05) is 18.2 Å². The summed E-state index contributed by atoms with van der Waals surface area (Å²) in [7, 11) is 0. The normalized spacial score (nSPS) is 10.5. The molecule has 0 bridgehead atoms. The van der Waals surface area contributed by atoms with Crippen LogP contribution in [0.3, 0.4) is 0 Å². The Morgan fingerprint density at radius 1 is 1.09 bits per heavy atom. The zero-order chi connectivity index (χ0) is 16.4. The Balaban J connectivity index is 1.95. The summed E-state index contributed by atoms with van der Waals surface area (Å²) in [6.45, 7) is 0. The van der Waals surface area contributed by atoms with E-state index >= 15 is 0 Å². The molecule has 7 heteroatoms. The zero-order valence-electron chi connectivity index (χ0n) is 11.7. The minimum Gasteiger partial charge on any atom is -0.336 e. The van der Waals surface area contributed by atoms with Crippen molar-refractivity contribution in [1.29, 1.82) is 0 Å².